The summed E-state index contributed by atoms with van der Waals surface area (Å²) in [6, 6.07) is 6.41. The summed E-state index contributed by atoms with van der Waals surface area (Å²) >= 11 is 0. The van der Waals surface area contributed by atoms with E-state index < -0.39 is 0 Å². The number of ether oxygens (including phenoxy) is 2. The summed E-state index contributed by atoms with van der Waals surface area (Å²) in [6.07, 6.45) is 3.99. The maximum Gasteiger partial charge on any atom is 0.191 e. The van der Waals surface area contributed by atoms with Crippen LogP contribution in [0.4, 0.5) is 0 Å². The molecule has 3 rings (SSSR count). The van der Waals surface area contributed by atoms with Gasteiger partial charge in [0.15, 0.2) is 5.96 Å². The van der Waals surface area contributed by atoms with Crippen molar-refractivity contribution in [2.45, 2.75) is 51.3 Å². The zero-order valence-electron chi connectivity index (χ0n) is 18.4. The van der Waals surface area contributed by atoms with E-state index in [4.69, 9.17) is 14.5 Å². The first-order valence-corrected chi connectivity index (χ1v) is 10.8. The molecule has 7 nitrogen and oxygen atoms in total. The van der Waals surface area contributed by atoms with Gasteiger partial charge in [0.2, 0.25) is 0 Å². The van der Waals surface area contributed by atoms with Crippen LogP contribution in [0.2, 0.25) is 0 Å². The highest BCUT2D eigenvalue weighted by Crippen LogP contribution is 2.26. The third-order valence-corrected chi connectivity index (χ3v) is 5.88. The number of halogens is 1. The molecular weight excluding hydrogens is 495 g/mol. The Morgan fingerprint density at radius 3 is 2.50 bits per heavy atom. The summed E-state index contributed by atoms with van der Waals surface area (Å²) in [4.78, 5) is 7.19. The Hall–Kier alpha value is -1.26. The van der Waals surface area contributed by atoms with Gasteiger partial charge in [-0.2, -0.15) is 0 Å². The van der Waals surface area contributed by atoms with Gasteiger partial charge in [-0.25, -0.2) is 0 Å². The molecule has 1 aromatic rings. The van der Waals surface area contributed by atoms with Crippen molar-refractivity contribution in [2.24, 2.45) is 10.9 Å². The lowest BCUT2D eigenvalue weighted by Gasteiger charge is -2.20. The van der Waals surface area contributed by atoms with Crippen molar-refractivity contribution in [1.29, 1.82) is 0 Å². The second kappa shape index (κ2) is 12.6. The molecule has 2 aliphatic rings. The van der Waals surface area contributed by atoms with Gasteiger partial charge in [-0.15, -0.1) is 24.0 Å². The van der Waals surface area contributed by atoms with Crippen LogP contribution < -0.4 is 20.1 Å². The van der Waals surface area contributed by atoms with Crippen LogP contribution in [0.3, 0.4) is 0 Å². The van der Waals surface area contributed by atoms with E-state index in [-0.39, 0.29) is 30.1 Å². The molecule has 3 atom stereocenters. The van der Waals surface area contributed by atoms with Gasteiger partial charge in [0, 0.05) is 50.7 Å². The largest absolute Gasteiger partial charge is 0.497 e. The number of aliphatic imine (C=N–C) groups is 1. The van der Waals surface area contributed by atoms with E-state index >= 15 is 0 Å². The zero-order valence-corrected chi connectivity index (χ0v) is 20.7. The molecule has 0 bridgehead atoms. The molecule has 1 saturated heterocycles. The van der Waals surface area contributed by atoms with E-state index in [1.54, 1.807) is 14.2 Å². The fourth-order valence-electron chi connectivity index (χ4n) is 4.26. The number of hydrogen-bond acceptors (Lipinski definition) is 5. The minimum Gasteiger partial charge on any atom is -0.497 e. The van der Waals surface area contributed by atoms with Gasteiger partial charge in [0.25, 0.3) is 0 Å². The monoisotopic (exact) mass is 532 g/mol. The third-order valence-electron chi connectivity index (χ3n) is 5.88. The van der Waals surface area contributed by atoms with Gasteiger partial charge in [0.05, 0.1) is 20.3 Å². The number of aliphatic hydroxyl groups excluding tert-OH is 1. The highest BCUT2D eigenvalue weighted by atomic mass is 127. The van der Waals surface area contributed by atoms with Crippen molar-refractivity contribution >= 4 is 29.9 Å². The number of methoxy groups -OCH3 is 2. The first-order chi connectivity index (χ1) is 14.1. The van der Waals surface area contributed by atoms with Crippen LogP contribution in [-0.2, 0) is 6.54 Å². The summed E-state index contributed by atoms with van der Waals surface area (Å²) in [5, 5.41) is 17.0. The van der Waals surface area contributed by atoms with E-state index in [1.807, 2.05) is 6.07 Å². The van der Waals surface area contributed by atoms with Crippen molar-refractivity contribution in [3.05, 3.63) is 23.8 Å². The molecule has 0 radical (unpaired) electrons. The number of likely N-dealkylation sites (tertiary alicyclic amines) is 1. The van der Waals surface area contributed by atoms with Crippen molar-refractivity contribution in [2.75, 3.05) is 40.4 Å². The molecule has 1 aliphatic heterocycles. The Kier molecular flexibility index (Phi) is 10.5. The fraction of sp³-hybridized carbons (Fsp3) is 0.682. The Bertz CT molecular complexity index is 666. The molecule has 3 N–H and O–H groups in total. The van der Waals surface area contributed by atoms with E-state index in [0.29, 0.717) is 18.5 Å². The molecule has 0 spiro atoms. The van der Waals surface area contributed by atoms with Gasteiger partial charge >= 0.3 is 0 Å². The molecule has 1 aromatic carbocycles. The molecule has 3 unspecified atom stereocenters. The van der Waals surface area contributed by atoms with Crippen molar-refractivity contribution in [3.8, 4) is 11.5 Å². The molecule has 1 saturated carbocycles. The van der Waals surface area contributed by atoms with Gasteiger partial charge in [-0.1, -0.05) is 6.42 Å². The van der Waals surface area contributed by atoms with Crippen LogP contribution in [0.15, 0.2) is 23.2 Å². The molecule has 1 heterocycles. The second-order valence-electron chi connectivity index (χ2n) is 8.06. The number of guanidine groups is 1. The molecular formula is C22H37IN4O3. The maximum atomic E-state index is 10.0. The van der Waals surface area contributed by atoms with Gasteiger partial charge in [-0.05, 0) is 43.9 Å². The standard InChI is InChI=1S/C22H36N4O3.HI/c1-4-23-22(24-13-17-6-5-7-21(17)27)25-18-8-9-26(15-18)14-16-10-19(28-2)12-20(11-16)29-3;/h10-12,17-18,21,27H,4-9,13-15H2,1-3H3,(H2,23,24,25);1H. The van der Waals surface area contributed by atoms with E-state index in [2.05, 4.69) is 34.6 Å². The van der Waals surface area contributed by atoms with Crippen LogP contribution in [0.1, 0.15) is 38.2 Å². The SMILES string of the molecule is CCNC(=NCC1CCCC1O)NC1CCN(Cc2cc(OC)cc(OC)c2)C1.I. The molecule has 1 aliphatic carbocycles. The molecule has 8 heteroatoms. The molecule has 0 aromatic heterocycles. The van der Waals surface area contributed by atoms with Crippen LogP contribution >= 0.6 is 24.0 Å². The van der Waals surface area contributed by atoms with Crippen LogP contribution in [0, 0.1) is 5.92 Å². The lowest BCUT2D eigenvalue weighted by molar-refractivity contribution is 0.136. The maximum absolute atomic E-state index is 10.0. The lowest BCUT2D eigenvalue weighted by atomic mass is 10.1. The first kappa shape index (κ1) is 25.0. The summed E-state index contributed by atoms with van der Waals surface area (Å²) < 4.78 is 10.8. The number of hydrogen-bond donors (Lipinski definition) is 3. The van der Waals surface area contributed by atoms with Crippen LogP contribution in [0.5, 0.6) is 11.5 Å². The number of nitrogens with one attached hydrogen (secondary N) is 2. The number of benzene rings is 1. The van der Waals surface area contributed by atoms with Crippen LogP contribution in [0.25, 0.3) is 0 Å². The number of aliphatic hydroxyl groups is 1. The Labute approximate surface area is 197 Å². The number of nitrogens with zero attached hydrogens (tertiary/aromatic N) is 2. The summed E-state index contributed by atoms with van der Waals surface area (Å²) in [6.45, 7) is 6.48. The molecule has 170 valence electrons. The van der Waals surface area contributed by atoms with Crippen LogP contribution in [-0.4, -0.2) is 68.5 Å². The Morgan fingerprint density at radius 2 is 1.90 bits per heavy atom. The quantitative estimate of drug-likeness (QED) is 0.272. The second-order valence-corrected chi connectivity index (χ2v) is 8.06. The minimum atomic E-state index is -0.191. The summed E-state index contributed by atoms with van der Waals surface area (Å²) in [7, 11) is 3.36. The zero-order chi connectivity index (χ0) is 20.6. The predicted molar refractivity (Wildman–Crippen MR) is 131 cm³/mol. The van der Waals surface area contributed by atoms with Gasteiger partial charge in [-0.3, -0.25) is 9.89 Å². The predicted octanol–water partition coefficient (Wildman–Crippen LogP) is 2.61. The highest BCUT2D eigenvalue weighted by molar-refractivity contribution is 14.0. The normalized spacial score (nSPS) is 24.4. The smallest absolute Gasteiger partial charge is 0.191 e. The minimum absolute atomic E-state index is 0. The van der Waals surface area contributed by atoms with Gasteiger partial charge < -0.3 is 25.2 Å². The Morgan fingerprint density at radius 1 is 1.17 bits per heavy atom. The van der Waals surface area contributed by atoms with E-state index in [0.717, 1.165) is 69.3 Å². The van der Waals surface area contributed by atoms with E-state index in [1.165, 1.54) is 5.56 Å². The first-order valence-electron chi connectivity index (χ1n) is 10.8. The lowest BCUT2D eigenvalue weighted by Crippen LogP contribution is -2.44. The van der Waals surface area contributed by atoms with Crippen molar-refractivity contribution < 1.29 is 14.6 Å². The van der Waals surface area contributed by atoms with Crippen molar-refractivity contribution in [3.63, 3.8) is 0 Å². The third kappa shape index (κ3) is 7.16. The average molecular weight is 532 g/mol. The topological polar surface area (TPSA) is 78.4 Å². The fourth-order valence-corrected chi connectivity index (χ4v) is 4.26. The van der Waals surface area contributed by atoms with Gasteiger partial charge in [0.1, 0.15) is 11.5 Å². The van der Waals surface area contributed by atoms with Crippen molar-refractivity contribution in [1.82, 2.24) is 15.5 Å². The average Bonchev–Trinajstić information content (AvgIpc) is 3.34. The summed E-state index contributed by atoms with van der Waals surface area (Å²) in [5.74, 6) is 2.81. The number of rotatable bonds is 8. The van der Waals surface area contributed by atoms with E-state index in [9.17, 15) is 5.11 Å². The molecule has 0 amide bonds. The molecule has 30 heavy (non-hydrogen) atoms. The summed E-state index contributed by atoms with van der Waals surface area (Å²) in [5.41, 5.74) is 1.19. The highest BCUT2D eigenvalue weighted by Gasteiger charge is 2.26. The Balaban J connectivity index is 0.00000320. The molecule has 2 fully saturated rings.